The van der Waals surface area contributed by atoms with Gasteiger partial charge in [0.25, 0.3) is 0 Å². The van der Waals surface area contributed by atoms with E-state index in [1.54, 1.807) is 0 Å². The van der Waals surface area contributed by atoms with E-state index in [0.717, 1.165) is 31.2 Å². The van der Waals surface area contributed by atoms with E-state index in [0.29, 0.717) is 23.5 Å². The summed E-state index contributed by atoms with van der Waals surface area (Å²) in [5.74, 6) is 0.0704. The summed E-state index contributed by atoms with van der Waals surface area (Å²) in [4.78, 5) is 12.0. The third-order valence-corrected chi connectivity index (χ3v) is 4.18. The van der Waals surface area contributed by atoms with Crippen LogP contribution in [0.2, 0.25) is 5.02 Å². The van der Waals surface area contributed by atoms with Gasteiger partial charge < -0.3 is 10.6 Å². The smallest absolute Gasteiger partial charge is 0.224 e. The van der Waals surface area contributed by atoms with Crippen molar-refractivity contribution in [3.8, 4) is 0 Å². The van der Waals surface area contributed by atoms with Crippen molar-refractivity contribution in [1.82, 2.24) is 10.6 Å². The fourth-order valence-corrected chi connectivity index (χ4v) is 2.82. The van der Waals surface area contributed by atoms with E-state index >= 15 is 0 Å². The van der Waals surface area contributed by atoms with Crippen LogP contribution in [0.3, 0.4) is 0 Å². The number of hydrogen-bond donors (Lipinski definition) is 2. The van der Waals surface area contributed by atoms with Crippen LogP contribution in [0, 0.1) is 0 Å². The Morgan fingerprint density at radius 2 is 1.84 bits per heavy atom. The van der Waals surface area contributed by atoms with Crippen LogP contribution < -0.4 is 10.6 Å². The Labute approximate surface area is 119 Å². The Balaban J connectivity index is 1.81. The molecular formula is C15H21ClN2O. The molecule has 3 nitrogen and oxygen atoms in total. The van der Waals surface area contributed by atoms with Gasteiger partial charge in [-0.2, -0.15) is 0 Å². The number of halogens is 1. The first-order chi connectivity index (χ1) is 9.19. The van der Waals surface area contributed by atoms with Crippen LogP contribution in [0.4, 0.5) is 0 Å². The van der Waals surface area contributed by atoms with Crippen LogP contribution in [0.5, 0.6) is 0 Å². The monoisotopic (exact) mass is 280 g/mol. The lowest BCUT2D eigenvalue weighted by molar-refractivity contribution is -0.121. The largest absolute Gasteiger partial charge is 0.353 e. The fourth-order valence-electron chi connectivity index (χ4n) is 2.62. The molecule has 2 N–H and O–H groups in total. The predicted octanol–water partition coefficient (Wildman–Crippen LogP) is 2.53. The molecule has 19 heavy (non-hydrogen) atoms. The van der Waals surface area contributed by atoms with Gasteiger partial charge in [-0.3, -0.25) is 4.79 Å². The molecule has 0 spiro atoms. The maximum atomic E-state index is 12.0. The Kier molecular flexibility index (Phi) is 5.23. The summed E-state index contributed by atoms with van der Waals surface area (Å²) in [6.07, 6.45) is 4.74. The van der Waals surface area contributed by atoms with Gasteiger partial charge in [-0.15, -0.1) is 0 Å². The van der Waals surface area contributed by atoms with Crippen LogP contribution in [0.15, 0.2) is 24.3 Å². The highest BCUT2D eigenvalue weighted by molar-refractivity contribution is 6.31. The van der Waals surface area contributed by atoms with Gasteiger partial charge in [-0.1, -0.05) is 29.8 Å². The Bertz CT molecular complexity index is 428. The summed E-state index contributed by atoms with van der Waals surface area (Å²) < 4.78 is 0. The average molecular weight is 281 g/mol. The van der Waals surface area contributed by atoms with Gasteiger partial charge in [0.1, 0.15) is 0 Å². The minimum atomic E-state index is 0.0704. The molecule has 4 heteroatoms. The van der Waals surface area contributed by atoms with Crippen molar-refractivity contribution in [3.63, 3.8) is 0 Å². The molecule has 0 heterocycles. The second-order valence-corrected chi connectivity index (χ2v) is 5.58. The number of carbonyl (C=O) groups excluding carboxylic acids is 1. The minimum absolute atomic E-state index is 0.0704. The van der Waals surface area contributed by atoms with Gasteiger partial charge >= 0.3 is 0 Å². The standard InChI is InChI=1S/C15H21ClN2O/c1-17-12-6-8-13(9-7-12)18-15(19)10-11-4-2-3-5-14(11)16/h2-5,12-13,17H,6-10H2,1H3,(H,18,19). The Morgan fingerprint density at radius 1 is 1.21 bits per heavy atom. The number of nitrogens with one attached hydrogen (secondary N) is 2. The first-order valence-corrected chi connectivity index (χ1v) is 7.27. The van der Waals surface area contributed by atoms with Gasteiger partial charge in [0.15, 0.2) is 0 Å². The molecule has 0 radical (unpaired) electrons. The molecule has 0 bridgehead atoms. The van der Waals surface area contributed by atoms with Crippen molar-refractivity contribution >= 4 is 17.5 Å². The summed E-state index contributed by atoms with van der Waals surface area (Å²) in [6, 6.07) is 8.44. The zero-order chi connectivity index (χ0) is 13.7. The zero-order valence-corrected chi connectivity index (χ0v) is 12.0. The SMILES string of the molecule is CNC1CCC(NC(=O)Cc2ccccc2Cl)CC1. The van der Waals surface area contributed by atoms with E-state index in [1.807, 2.05) is 31.3 Å². The molecule has 2 rings (SSSR count). The molecule has 1 aromatic carbocycles. The highest BCUT2D eigenvalue weighted by atomic mass is 35.5. The molecule has 0 aliphatic heterocycles. The van der Waals surface area contributed by atoms with Crippen molar-refractivity contribution in [2.45, 2.75) is 44.2 Å². The molecule has 0 atom stereocenters. The van der Waals surface area contributed by atoms with E-state index in [9.17, 15) is 4.79 Å². The van der Waals surface area contributed by atoms with Gasteiger partial charge in [0, 0.05) is 17.1 Å². The second-order valence-electron chi connectivity index (χ2n) is 5.17. The molecule has 0 aromatic heterocycles. The molecule has 1 saturated carbocycles. The predicted molar refractivity (Wildman–Crippen MR) is 78.4 cm³/mol. The van der Waals surface area contributed by atoms with Gasteiger partial charge in [0.2, 0.25) is 5.91 Å². The molecule has 0 saturated heterocycles. The molecule has 104 valence electrons. The third kappa shape index (κ3) is 4.22. The minimum Gasteiger partial charge on any atom is -0.353 e. The van der Waals surface area contributed by atoms with Gasteiger partial charge in [-0.25, -0.2) is 0 Å². The molecule has 1 aliphatic carbocycles. The lowest BCUT2D eigenvalue weighted by Gasteiger charge is -2.28. The first kappa shape index (κ1) is 14.4. The topological polar surface area (TPSA) is 41.1 Å². The van der Waals surface area contributed by atoms with Crippen molar-refractivity contribution in [3.05, 3.63) is 34.9 Å². The molecule has 0 unspecified atom stereocenters. The molecule has 1 fully saturated rings. The summed E-state index contributed by atoms with van der Waals surface area (Å²) >= 11 is 6.06. The van der Waals surface area contributed by atoms with Crippen molar-refractivity contribution < 1.29 is 4.79 Å². The van der Waals surface area contributed by atoms with Crippen molar-refractivity contribution in [2.24, 2.45) is 0 Å². The van der Waals surface area contributed by atoms with Crippen LogP contribution in [-0.4, -0.2) is 25.0 Å². The van der Waals surface area contributed by atoms with Crippen LogP contribution >= 0.6 is 11.6 Å². The lowest BCUT2D eigenvalue weighted by atomic mass is 9.91. The number of amides is 1. The summed E-state index contributed by atoms with van der Waals surface area (Å²) in [6.45, 7) is 0. The first-order valence-electron chi connectivity index (χ1n) is 6.89. The van der Waals surface area contributed by atoms with Crippen LogP contribution in [-0.2, 0) is 11.2 Å². The van der Waals surface area contributed by atoms with Crippen molar-refractivity contribution in [2.75, 3.05) is 7.05 Å². The Hall–Kier alpha value is -1.06. The number of benzene rings is 1. The Morgan fingerprint density at radius 3 is 2.47 bits per heavy atom. The fraction of sp³-hybridized carbons (Fsp3) is 0.533. The zero-order valence-electron chi connectivity index (χ0n) is 11.3. The summed E-state index contributed by atoms with van der Waals surface area (Å²) in [5.41, 5.74) is 0.894. The molecule has 1 amide bonds. The molecular weight excluding hydrogens is 260 g/mol. The molecule has 1 aromatic rings. The summed E-state index contributed by atoms with van der Waals surface area (Å²) in [5, 5.41) is 7.07. The number of hydrogen-bond acceptors (Lipinski definition) is 2. The van der Waals surface area contributed by atoms with Crippen LogP contribution in [0.25, 0.3) is 0 Å². The van der Waals surface area contributed by atoms with E-state index in [-0.39, 0.29) is 5.91 Å². The number of rotatable bonds is 4. The van der Waals surface area contributed by atoms with E-state index in [1.165, 1.54) is 0 Å². The quantitative estimate of drug-likeness (QED) is 0.890. The van der Waals surface area contributed by atoms with Gasteiger partial charge in [0.05, 0.1) is 6.42 Å². The van der Waals surface area contributed by atoms with E-state index in [4.69, 9.17) is 11.6 Å². The van der Waals surface area contributed by atoms with Gasteiger partial charge in [-0.05, 0) is 44.4 Å². The maximum absolute atomic E-state index is 12.0. The maximum Gasteiger partial charge on any atom is 0.224 e. The highest BCUT2D eigenvalue weighted by Crippen LogP contribution is 2.19. The van der Waals surface area contributed by atoms with E-state index in [2.05, 4.69) is 10.6 Å². The van der Waals surface area contributed by atoms with Crippen molar-refractivity contribution in [1.29, 1.82) is 0 Å². The normalized spacial score (nSPS) is 23.1. The molecule has 1 aliphatic rings. The highest BCUT2D eigenvalue weighted by Gasteiger charge is 2.21. The average Bonchev–Trinajstić information content (AvgIpc) is 2.42. The van der Waals surface area contributed by atoms with Crippen LogP contribution in [0.1, 0.15) is 31.2 Å². The number of carbonyl (C=O) groups is 1. The van der Waals surface area contributed by atoms with E-state index < -0.39 is 0 Å². The third-order valence-electron chi connectivity index (χ3n) is 3.81. The lowest BCUT2D eigenvalue weighted by Crippen LogP contribution is -2.41. The summed E-state index contributed by atoms with van der Waals surface area (Å²) in [7, 11) is 2.00. The second kappa shape index (κ2) is 6.92.